The summed E-state index contributed by atoms with van der Waals surface area (Å²) in [7, 11) is 2.13. The number of rotatable bonds is 2. The zero-order valence-electron chi connectivity index (χ0n) is 18.7. The van der Waals surface area contributed by atoms with Gasteiger partial charge in [0.2, 0.25) is 5.69 Å². The quantitative estimate of drug-likeness (QED) is 0.218. The number of pyridine rings is 1. The van der Waals surface area contributed by atoms with Gasteiger partial charge in [-0.3, -0.25) is 0 Å². The smallest absolute Gasteiger partial charge is 0.220 e. The average molecular weight is 405 g/mol. The molecule has 0 saturated carbocycles. The van der Waals surface area contributed by atoms with Gasteiger partial charge >= 0.3 is 0 Å². The maximum absolute atomic E-state index is 7.39. The van der Waals surface area contributed by atoms with E-state index >= 15 is 0 Å². The number of aromatic nitrogens is 2. The van der Waals surface area contributed by atoms with Gasteiger partial charge in [0.25, 0.3) is 0 Å². The Hall–Kier alpha value is -3.64. The molecule has 0 N–H and O–H groups in total. The van der Waals surface area contributed by atoms with Crippen molar-refractivity contribution in [3.63, 3.8) is 0 Å². The third-order valence-corrected chi connectivity index (χ3v) is 6.48. The number of para-hydroxylation sites is 1. The van der Waals surface area contributed by atoms with E-state index in [1.54, 1.807) is 0 Å². The van der Waals surface area contributed by atoms with Crippen LogP contribution in [0.1, 0.15) is 31.1 Å². The Labute approximate surface area is 183 Å². The van der Waals surface area contributed by atoms with Crippen LogP contribution in [-0.4, -0.2) is 4.57 Å². The van der Waals surface area contributed by atoms with Crippen LogP contribution in [0.25, 0.3) is 48.7 Å². The van der Waals surface area contributed by atoms with E-state index in [0.29, 0.717) is 11.7 Å². The fourth-order valence-corrected chi connectivity index (χ4v) is 4.92. The van der Waals surface area contributed by atoms with Crippen molar-refractivity contribution in [1.82, 2.24) is 4.57 Å². The van der Waals surface area contributed by atoms with Gasteiger partial charge in [0.1, 0.15) is 7.05 Å². The van der Waals surface area contributed by atoms with E-state index in [9.17, 15) is 0 Å². The number of nitrogens with zero attached hydrogens (tertiary/aromatic N) is 3. The zero-order chi connectivity index (χ0) is 21.9. The van der Waals surface area contributed by atoms with Crippen molar-refractivity contribution < 1.29 is 4.57 Å². The average Bonchev–Trinajstić information content (AvgIpc) is 3.07. The molecular weight excluding hydrogens is 378 g/mol. The van der Waals surface area contributed by atoms with Gasteiger partial charge in [-0.1, -0.05) is 30.3 Å². The van der Waals surface area contributed by atoms with E-state index in [0.717, 1.165) is 5.39 Å². The highest BCUT2D eigenvalue weighted by atomic mass is 15.0. The minimum Gasteiger partial charge on any atom is -0.338 e. The Morgan fingerprint density at radius 1 is 0.871 bits per heavy atom. The van der Waals surface area contributed by atoms with Crippen molar-refractivity contribution in [3.05, 3.63) is 83.3 Å². The molecule has 2 aromatic heterocycles. The van der Waals surface area contributed by atoms with Crippen molar-refractivity contribution in [2.75, 3.05) is 0 Å². The van der Waals surface area contributed by atoms with Crippen LogP contribution in [0.4, 0.5) is 5.69 Å². The molecule has 2 heterocycles. The van der Waals surface area contributed by atoms with Crippen LogP contribution < -0.4 is 4.57 Å². The van der Waals surface area contributed by atoms with Crippen LogP contribution in [0, 0.1) is 20.4 Å². The van der Waals surface area contributed by atoms with Crippen molar-refractivity contribution >= 4 is 38.3 Å². The van der Waals surface area contributed by atoms with Gasteiger partial charge in [-0.2, -0.15) is 4.57 Å². The molecule has 0 atom stereocenters. The Kier molecular flexibility index (Phi) is 4.34. The molecule has 0 unspecified atom stereocenters. The number of hydrogen-bond donors (Lipinski definition) is 0. The SMILES string of the molecule is [C-]#[N+]c1ccc2c(-c3cc4c(cc3C)c3ccccc3n4C(C)C)[n+](C)c(C)cc2c1. The van der Waals surface area contributed by atoms with E-state index in [4.69, 9.17) is 6.57 Å². The second-order valence-corrected chi connectivity index (χ2v) is 8.74. The normalized spacial score (nSPS) is 11.6. The van der Waals surface area contributed by atoms with Crippen LogP contribution in [0.5, 0.6) is 0 Å². The zero-order valence-corrected chi connectivity index (χ0v) is 18.7. The molecule has 152 valence electrons. The van der Waals surface area contributed by atoms with E-state index < -0.39 is 0 Å². The molecule has 5 aromatic rings. The second-order valence-electron chi connectivity index (χ2n) is 8.74. The Balaban J connectivity index is 1.92. The molecule has 0 fully saturated rings. The molecule has 3 nitrogen and oxygen atoms in total. The van der Waals surface area contributed by atoms with Crippen LogP contribution in [0.15, 0.2) is 60.7 Å². The molecule has 0 radical (unpaired) electrons. The summed E-state index contributed by atoms with van der Waals surface area (Å²) in [5.41, 5.74) is 8.10. The van der Waals surface area contributed by atoms with E-state index in [1.165, 1.54) is 49.7 Å². The lowest BCUT2D eigenvalue weighted by Crippen LogP contribution is -2.35. The molecule has 0 aliphatic heterocycles. The first-order valence-electron chi connectivity index (χ1n) is 10.7. The molecule has 3 heteroatoms. The van der Waals surface area contributed by atoms with Gasteiger partial charge < -0.3 is 4.57 Å². The fraction of sp³-hybridized carbons (Fsp3) is 0.214. The molecule has 0 bridgehead atoms. The highest BCUT2D eigenvalue weighted by Crippen LogP contribution is 2.38. The summed E-state index contributed by atoms with van der Waals surface area (Å²) >= 11 is 0. The molecule has 3 aromatic carbocycles. The summed E-state index contributed by atoms with van der Waals surface area (Å²) in [6.07, 6.45) is 0. The Bertz CT molecular complexity index is 1540. The second kappa shape index (κ2) is 6.96. The summed E-state index contributed by atoms with van der Waals surface area (Å²) in [6.45, 7) is 16.2. The van der Waals surface area contributed by atoms with Gasteiger partial charge in [-0.25, -0.2) is 4.85 Å². The predicted molar refractivity (Wildman–Crippen MR) is 130 cm³/mol. The van der Waals surface area contributed by atoms with Gasteiger partial charge in [0, 0.05) is 35.3 Å². The van der Waals surface area contributed by atoms with Crippen LogP contribution >= 0.6 is 0 Å². The molecule has 31 heavy (non-hydrogen) atoms. The molecule has 0 aliphatic rings. The highest BCUT2D eigenvalue weighted by Gasteiger charge is 2.22. The molecule has 5 rings (SSSR count). The largest absolute Gasteiger partial charge is 0.338 e. The van der Waals surface area contributed by atoms with E-state index in [2.05, 4.69) is 97.3 Å². The molecule has 0 amide bonds. The minimum atomic E-state index is 0.363. The fourth-order valence-electron chi connectivity index (χ4n) is 4.92. The standard InChI is InChI=1S/C28H26N3/c1-17(2)31-26-10-8-7-9-23(26)25-13-18(3)24(16-27(25)31)28-22-12-11-21(29-5)15-20(22)14-19(4)30(28)6/h7-17H,1-4,6H3/q+1. The predicted octanol–water partition coefficient (Wildman–Crippen LogP) is 7.19. The molecular formula is C28H26N3+. The Morgan fingerprint density at radius 3 is 2.39 bits per heavy atom. The Morgan fingerprint density at radius 2 is 1.65 bits per heavy atom. The summed E-state index contributed by atoms with van der Waals surface area (Å²) in [5, 5.41) is 4.90. The first-order chi connectivity index (χ1) is 14.9. The summed E-state index contributed by atoms with van der Waals surface area (Å²) in [5.74, 6) is 0. The maximum Gasteiger partial charge on any atom is 0.220 e. The van der Waals surface area contributed by atoms with Crippen molar-refractivity contribution in [3.8, 4) is 11.3 Å². The molecule has 0 aliphatic carbocycles. The van der Waals surface area contributed by atoms with Gasteiger partial charge in [-0.15, -0.1) is 0 Å². The van der Waals surface area contributed by atoms with Crippen molar-refractivity contribution in [1.29, 1.82) is 0 Å². The monoisotopic (exact) mass is 404 g/mol. The van der Waals surface area contributed by atoms with E-state index in [-0.39, 0.29) is 0 Å². The van der Waals surface area contributed by atoms with E-state index in [1.807, 2.05) is 12.1 Å². The van der Waals surface area contributed by atoms with Crippen molar-refractivity contribution in [2.24, 2.45) is 7.05 Å². The number of aryl methyl sites for hydroxylation is 2. The lowest BCUT2D eigenvalue weighted by atomic mass is 9.96. The third-order valence-electron chi connectivity index (χ3n) is 6.48. The minimum absolute atomic E-state index is 0.363. The van der Waals surface area contributed by atoms with Gasteiger partial charge in [-0.05, 0) is 56.0 Å². The van der Waals surface area contributed by atoms with Crippen molar-refractivity contribution in [2.45, 2.75) is 33.7 Å². The third kappa shape index (κ3) is 2.83. The van der Waals surface area contributed by atoms with Crippen LogP contribution in [0.3, 0.4) is 0 Å². The lowest BCUT2D eigenvalue weighted by Gasteiger charge is -2.14. The summed E-state index contributed by atoms with van der Waals surface area (Å²) in [6, 6.07) is 21.9. The molecule has 0 saturated heterocycles. The van der Waals surface area contributed by atoms with Crippen LogP contribution in [0.2, 0.25) is 0 Å². The maximum atomic E-state index is 7.39. The van der Waals surface area contributed by atoms with Gasteiger partial charge in [0.15, 0.2) is 11.4 Å². The number of hydrogen-bond acceptors (Lipinski definition) is 0. The summed E-state index contributed by atoms with van der Waals surface area (Å²) in [4.78, 5) is 3.63. The molecule has 0 spiro atoms. The first kappa shape index (κ1) is 19.3. The number of benzene rings is 3. The number of fused-ring (bicyclic) bond motifs is 4. The van der Waals surface area contributed by atoms with Gasteiger partial charge in [0.05, 0.1) is 23.0 Å². The highest BCUT2D eigenvalue weighted by molar-refractivity contribution is 6.10. The first-order valence-corrected chi connectivity index (χ1v) is 10.7. The lowest BCUT2D eigenvalue weighted by molar-refractivity contribution is -0.665. The van der Waals surface area contributed by atoms with Crippen LogP contribution in [-0.2, 0) is 7.05 Å². The summed E-state index contributed by atoms with van der Waals surface area (Å²) < 4.78 is 4.72. The topological polar surface area (TPSA) is 13.2 Å².